The monoisotopic (exact) mass is 726 g/mol. The maximum absolute atomic E-state index is 14.8. The maximum atomic E-state index is 14.8. The molecule has 8 nitrogen and oxygen atoms in total. The molecule has 2 aromatic carbocycles. The zero-order chi connectivity index (χ0) is 36.6. The van der Waals surface area contributed by atoms with Crippen LogP contribution in [0, 0.1) is 17.3 Å². The first kappa shape index (κ1) is 37.8. The molecule has 0 aromatic heterocycles. The molecule has 3 amide bonds. The van der Waals surface area contributed by atoms with Gasteiger partial charge in [0.2, 0.25) is 11.5 Å². The number of piperidine rings is 2. The molecule has 0 aliphatic carbocycles. The van der Waals surface area contributed by atoms with Gasteiger partial charge < -0.3 is 25.1 Å². The largest absolute Gasteiger partial charge is 0.457 e. The maximum Gasteiger partial charge on any atom is 0.457 e. The van der Waals surface area contributed by atoms with Crippen LogP contribution in [0.25, 0.3) is 0 Å². The summed E-state index contributed by atoms with van der Waals surface area (Å²) in [5.41, 5.74) is -3.77. The van der Waals surface area contributed by atoms with Crippen molar-refractivity contribution in [1.82, 2.24) is 15.1 Å². The summed E-state index contributed by atoms with van der Waals surface area (Å²) in [6.45, 7) is 8.12. The van der Waals surface area contributed by atoms with Gasteiger partial charge in [0.25, 0.3) is 11.8 Å². The van der Waals surface area contributed by atoms with Crippen LogP contribution in [-0.2, 0) is 15.2 Å². The molecule has 3 aliphatic heterocycles. The molecule has 0 saturated carbocycles. The quantitative estimate of drug-likeness (QED) is 0.314. The lowest BCUT2D eigenvalue weighted by atomic mass is 9.78. The van der Waals surface area contributed by atoms with Crippen molar-refractivity contribution >= 4 is 35.0 Å². The molecule has 3 saturated heterocycles. The average molecular weight is 727 g/mol. The Kier molecular flexibility index (Phi) is 10.8. The van der Waals surface area contributed by atoms with E-state index in [1.165, 1.54) is 18.2 Å². The van der Waals surface area contributed by atoms with E-state index in [-0.39, 0.29) is 48.2 Å². The Bertz CT molecular complexity index is 1550. The molecule has 2 aromatic rings. The van der Waals surface area contributed by atoms with E-state index in [0.717, 1.165) is 35.6 Å². The van der Waals surface area contributed by atoms with E-state index in [9.17, 15) is 41.4 Å². The van der Waals surface area contributed by atoms with Crippen molar-refractivity contribution in [3.8, 4) is 0 Å². The van der Waals surface area contributed by atoms with Crippen LogP contribution in [0.15, 0.2) is 48.5 Å². The van der Waals surface area contributed by atoms with Gasteiger partial charge in [0.15, 0.2) is 0 Å². The molecule has 5 rings (SSSR count). The first-order chi connectivity index (χ1) is 23.3. The number of benzene rings is 2. The minimum atomic E-state index is -6.15. The van der Waals surface area contributed by atoms with Gasteiger partial charge >= 0.3 is 12.1 Å². The number of alkyl halides is 5. The van der Waals surface area contributed by atoms with E-state index < -0.39 is 29.2 Å². The number of amides is 3. The second-order valence-electron chi connectivity index (χ2n) is 15.0. The number of nitrogens with zero attached hydrogens (tertiary/aromatic N) is 3. The Balaban J connectivity index is 1.12. The number of carbonyl (C=O) groups is 3. The number of nitrogens with one attached hydrogen (secondary N) is 1. The normalized spacial score (nSPS) is 19.9. The minimum Gasteiger partial charge on any atom is -0.371 e. The highest BCUT2D eigenvalue weighted by atomic mass is 35.5. The van der Waals surface area contributed by atoms with Crippen LogP contribution in [0.1, 0.15) is 68.8 Å². The zero-order valence-corrected chi connectivity index (χ0v) is 29.2. The van der Waals surface area contributed by atoms with Crippen molar-refractivity contribution in [2.24, 2.45) is 17.3 Å². The Morgan fingerprint density at radius 2 is 1.40 bits per heavy atom. The highest BCUT2D eigenvalue weighted by Gasteiger charge is 2.74. The van der Waals surface area contributed by atoms with Crippen molar-refractivity contribution in [1.29, 1.82) is 0 Å². The number of halogens is 6. The molecule has 0 bridgehead atoms. The highest BCUT2D eigenvalue weighted by molar-refractivity contribution is 6.34. The van der Waals surface area contributed by atoms with Crippen molar-refractivity contribution in [3.05, 3.63) is 64.7 Å². The van der Waals surface area contributed by atoms with Crippen molar-refractivity contribution in [2.75, 3.05) is 44.2 Å². The number of hydrogen-bond donors (Lipinski definition) is 2. The fourth-order valence-corrected chi connectivity index (χ4v) is 7.55. The smallest absolute Gasteiger partial charge is 0.371 e. The van der Waals surface area contributed by atoms with Crippen LogP contribution in [0.2, 0.25) is 5.02 Å². The van der Waals surface area contributed by atoms with Gasteiger partial charge in [-0.05, 0) is 66.7 Å². The van der Waals surface area contributed by atoms with Gasteiger partial charge in [-0.3, -0.25) is 14.4 Å². The molecule has 3 heterocycles. The highest BCUT2D eigenvalue weighted by Crippen LogP contribution is 2.50. The zero-order valence-electron chi connectivity index (χ0n) is 28.4. The molecule has 0 radical (unpaired) electrons. The molecule has 3 aliphatic rings. The van der Waals surface area contributed by atoms with Crippen LogP contribution in [0.3, 0.4) is 0 Å². The molecule has 50 heavy (non-hydrogen) atoms. The van der Waals surface area contributed by atoms with E-state index in [4.69, 9.17) is 11.6 Å². The van der Waals surface area contributed by atoms with E-state index in [2.05, 4.69) is 10.2 Å². The molecule has 3 fully saturated rings. The van der Waals surface area contributed by atoms with Crippen LogP contribution in [-0.4, -0.2) is 90.0 Å². The molecule has 14 heteroatoms. The number of hydrogen-bond acceptors (Lipinski definition) is 5. The first-order valence-corrected chi connectivity index (χ1v) is 17.3. The van der Waals surface area contributed by atoms with Gasteiger partial charge in [-0.25, -0.2) is 0 Å². The Labute approximate surface area is 293 Å². The van der Waals surface area contributed by atoms with Gasteiger partial charge in [0, 0.05) is 51.4 Å². The summed E-state index contributed by atoms with van der Waals surface area (Å²) in [6, 6.07) is 10.8. The minimum absolute atomic E-state index is 0.0369. The van der Waals surface area contributed by atoms with Gasteiger partial charge in [-0.15, -0.1) is 0 Å². The molecular formula is C36H44ClF5N4O4. The van der Waals surface area contributed by atoms with Crippen LogP contribution >= 0.6 is 11.6 Å². The number of rotatable bonds is 8. The van der Waals surface area contributed by atoms with Crippen molar-refractivity contribution < 1.29 is 41.4 Å². The SMILES string of the molecule is CC(C)(C)CC(=O)NC1CN(C(=O)c2ccc(N3CCC(C4CCN(C(=O)[C@](O)(c5ccccc5)C(F)(F)C(F)(F)F)CC4)CC3)cc2Cl)C1. The number of anilines is 1. The fraction of sp³-hybridized carbons (Fsp3) is 0.583. The summed E-state index contributed by atoms with van der Waals surface area (Å²) in [5.74, 6) is -7.21. The first-order valence-electron chi connectivity index (χ1n) is 17.0. The standard InChI is InChI=1S/C36H44ClF5N4O4/c1-33(2,3)20-30(47)43-26-21-46(22-26)31(48)28-10-9-27(19-29(28)37)44-15-11-23(12-16-44)24-13-17-45(18-14-24)32(49)34(50,25-7-5-4-6-8-25)35(38,39)36(40,41)42/h4-10,19,23-24,26,50H,11-18,20-22H2,1-3H3,(H,43,47)/t34-/m1/s1. The number of likely N-dealkylation sites (tertiary alicyclic amines) is 2. The van der Waals surface area contributed by atoms with E-state index >= 15 is 0 Å². The number of carbonyl (C=O) groups excluding carboxylic acids is 3. The van der Waals surface area contributed by atoms with E-state index in [1.54, 1.807) is 17.0 Å². The summed E-state index contributed by atoms with van der Waals surface area (Å²) in [4.78, 5) is 43.3. The Morgan fingerprint density at radius 1 is 0.840 bits per heavy atom. The predicted octanol–water partition coefficient (Wildman–Crippen LogP) is 6.26. The average Bonchev–Trinajstić information content (AvgIpc) is 3.04. The third-order valence-electron chi connectivity index (χ3n) is 10.1. The van der Waals surface area contributed by atoms with Crippen molar-refractivity contribution in [3.63, 3.8) is 0 Å². The Morgan fingerprint density at radius 3 is 1.92 bits per heavy atom. The summed E-state index contributed by atoms with van der Waals surface area (Å²) in [6.07, 6.45) is -3.32. The summed E-state index contributed by atoms with van der Waals surface area (Å²) in [5, 5.41) is 14.2. The lowest BCUT2D eigenvalue weighted by Gasteiger charge is -2.44. The second kappa shape index (κ2) is 14.3. The van der Waals surface area contributed by atoms with Gasteiger partial charge in [0.1, 0.15) is 0 Å². The van der Waals surface area contributed by atoms with Gasteiger partial charge in [-0.2, -0.15) is 22.0 Å². The second-order valence-corrected chi connectivity index (χ2v) is 15.4. The van der Waals surface area contributed by atoms with Crippen LogP contribution in [0.5, 0.6) is 0 Å². The third-order valence-corrected chi connectivity index (χ3v) is 10.4. The Hall–Kier alpha value is -3.45. The van der Waals surface area contributed by atoms with Gasteiger partial charge in [-0.1, -0.05) is 62.7 Å². The van der Waals surface area contributed by atoms with E-state index in [1.807, 2.05) is 26.8 Å². The number of aliphatic hydroxyl groups is 1. The summed E-state index contributed by atoms with van der Waals surface area (Å²) < 4.78 is 70.0. The molecule has 0 unspecified atom stereocenters. The lowest BCUT2D eigenvalue weighted by Crippen LogP contribution is -2.63. The molecule has 1 atom stereocenters. The van der Waals surface area contributed by atoms with Crippen LogP contribution < -0.4 is 10.2 Å². The van der Waals surface area contributed by atoms with Crippen LogP contribution in [0.4, 0.5) is 27.6 Å². The third kappa shape index (κ3) is 7.73. The van der Waals surface area contributed by atoms with E-state index in [0.29, 0.717) is 56.0 Å². The topological polar surface area (TPSA) is 93.2 Å². The summed E-state index contributed by atoms with van der Waals surface area (Å²) >= 11 is 6.57. The van der Waals surface area contributed by atoms with Gasteiger partial charge in [0.05, 0.1) is 16.6 Å². The fourth-order valence-electron chi connectivity index (χ4n) is 7.30. The lowest BCUT2D eigenvalue weighted by molar-refractivity contribution is -0.339. The molecule has 274 valence electrons. The molecule has 2 N–H and O–H groups in total. The predicted molar refractivity (Wildman–Crippen MR) is 179 cm³/mol. The summed E-state index contributed by atoms with van der Waals surface area (Å²) in [7, 11) is 0. The molecular weight excluding hydrogens is 683 g/mol. The molecule has 0 spiro atoms. The van der Waals surface area contributed by atoms with Crippen molar-refractivity contribution in [2.45, 2.75) is 76.6 Å².